The molecule has 3 aromatic heterocycles. The van der Waals surface area contributed by atoms with Gasteiger partial charge in [0.05, 0.1) is 12.0 Å². The Balaban J connectivity index is 2.12. The fourth-order valence-corrected chi connectivity index (χ4v) is 3.61. The number of pyridine rings is 1. The van der Waals surface area contributed by atoms with Gasteiger partial charge in [0.1, 0.15) is 22.9 Å². The topological polar surface area (TPSA) is 68.2 Å². The average molecular weight is 356 g/mol. The van der Waals surface area contributed by atoms with Gasteiger partial charge in [-0.1, -0.05) is 6.07 Å². The van der Waals surface area contributed by atoms with E-state index < -0.39 is 0 Å². The predicted octanol–water partition coefficient (Wildman–Crippen LogP) is 3.37. The van der Waals surface area contributed by atoms with E-state index in [1.165, 1.54) is 4.88 Å². The lowest BCUT2D eigenvalue weighted by molar-refractivity contribution is -0.141. The number of aryl methyl sites for hydroxylation is 2. The molecule has 25 heavy (non-hydrogen) atoms. The molecule has 0 aliphatic rings. The highest BCUT2D eigenvalue weighted by Gasteiger charge is 2.20. The van der Waals surface area contributed by atoms with Gasteiger partial charge in [0.15, 0.2) is 5.82 Å². The molecule has 0 fully saturated rings. The van der Waals surface area contributed by atoms with Gasteiger partial charge in [0.25, 0.3) is 0 Å². The normalized spacial score (nSPS) is 10.9. The highest BCUT2D eigenvalue weighted by atomic mass is 32.1. The van der Waals surface area contributed by atoms with Crippen molar-refractivity contribution in [3.05, 3.63) is 34.8 Å². The lowest BCUT2D eigenvalue weighted by Gasteiger charge is -2.19. The van der Waals surface area contributed by atoms with Gasteiger partial charge in [-0.2, -0.15) is 0 Å². The van der Waals surface area contributed by atoms with Crippen LogP contribution >= 0.6 is 11.3 Å². The summed E-state index contributed by atoms with van der Waals surface area (Å²) >= 11 is 1.63. The van der Waals surface area contributed by atoms with Gasteiger partial charge in [-0.05, 0) is 38.5 Å². The van der Waals surface area contributed by atoms with Crippen molar-refractivity contribution in [3.63, 3.8) is 0 Å². The van der Waals surface area contributed by atoms with Crippen LogP contribution in [0.25, 0.3) is 21.7 Å². The first kappa shape index (κ1) is 17.3. The van der Waals surface area contributed by atoms with Gasteiger partial charge in [-0.25, -0.2) is 9.97 Å². The fourth-order valence-electron chi connectivity index (χ4n) is 2.59. The number of fused-ring (bicyclic) bond motifs is 1. The lowest BCUT2D eigenvalue weighted by atomic mass is 10.2. The van der Waals surface area contributed by atoms with Gasteiger partial charge in [0.2, 0.25) is 0 Å². The summed E-state index contributed by atoms with van der Waals surface area (Å²) in [4.78, 5) is 29.5. The van der Waals surface area contributed by atoms with Gasteiger partial charge in [0, 0.05) is 18.1 Å². The molecular weight excluding hydrogens is 336 g/mol. The van der Waals surface area contributed by atoms with E-state index in [9.17, 15) is 4.79 Å². The van der Waals surface area contributed by atoms with E-state index in [0.29, 0.717) is 18.1 Å². The van der Waals surface area contributed by atoms with Crippen LogP contribution in [0.15, 0.2) is 24.4 Å². The third-order valence-corrected chi connectivity index (χ3v) is 5.04. The number of hydrogen-bond donors (Lipinski definition) is 0. The molecule has 0 aliphatic carbocycles. The first-order valence-electron chi connectivity index (χ1n) is 8.07. The van der Waals surface area contributed by atoms with Crippen LogP contribution in [0, 0.1) is 13.8 Å². The number of thiophene rings is 1. The van der Waals surface area contributed by atoms with E-state index in [1.54, 1.807) is 24.5 Å². The molecule has 7 heteroatoms. The summed E-state index contributed by atoms with van der Waals surface area (Å²) in [5, 5.41) is 0.981. The van der Waals surface area contributed by atoms with Crippen molar-refractivity contribution in [2.75, 3.05) is 25.1 Å². The number of rotatable bonds is 5. The average Bonchev–Trinajstić information content (AvgIpc) is 2.89. The van der Waals surface area contributed by atoms with Crippen LogP contribution in [0.2, 0.25) is 0 Å². The molecule has 0 aliphatic heterocycles. The van der Waals surface area contributed by atoms with Crippen LogP contribution in [0.5, 0.6) is 0 Å². The summed E-state index contributed by atoms with van der Waals surface area (Å²) in [7, 11) is 1.84. The Morgan fingerprint density at radius 3 is 2.76 bits per heavy atom. The molecule has 0 unspecified atom stereocenters. The molecule has 0 saturated heterocycles. The van der Waals surface area contributed by atoms with E-state index in [2.05, 4.69) is 23.8 Å². The number of carbonyl (C=O) groups excluding carboxylic acids is 1. The Kier molecular flexibility index (Phi) is 4.94. The fraction of sp³-hybridized carbons (Fsp3) is 0.333. The predicted molar refractivity (Wildman–Crippen MR) is 100 cm³/mol. The maximum Gasteiger partial charge on any atom is 0.325 e. The van der Waals surface area contributed by atoms with Gasteiger partial charge in [-0.15, -0.1) is 11.3 Å². The Hall–Kier alpha value is -2.54. The molecule has 3 aromatic rings. The summed E-state index contributed by atoms with van der Waals surface area (Å²) in [5.41, 5.74) is 1.84. The first-order valence-corrected chi connectivity index (χ1v) is 8.88. The summed E-state index contributed by atoms with van der Waals surface area (Å²) < 4.78 is 5.06. The third kappa shape index (κ3) is 3.46. The van der Waals surface area contributed by atoms with E-state index in [0.717, 1.165) is 21.6 Å². The van der Waals surface area contributed by atoms with E-state index >= 15 is 0 Å². The van der Waals surface area contributed by atoms with Gasteiger partial charge >= 0.3 is 5.97 Å². The van der Waals surface area contributed by atoms with Crippen molar-refractivity contribution in [1.29, 1.82) is 0 Å². The van der Waals surface area contributed by atoms with E-state index in [1.807, 2.05) is 30.1 Å². The maximum absolute atomic E-state index is 11.9. The summed E-state index contributed by atoms with van der Waals surface area (Å²) in [6, 6.07) is 5.64. The summed E-state index contributed by atoms with van der Waals surface area (Å²) in [6.07, 6.45) is 1.72. The Morgan fingerprint density at radius 2 is 2.08 bits per heavy atom. The van der Waals surface area contributed by atoms with Crippen molar-refractivity contribution in [2.45, 2.75) is 20.8 Å². The van der Waals surface area contributed by atoms with Crippen molar-refractivity contribution in [1.82, 2.24) is 15.0 Å². The number of hydrogen-bond acceptors (Lipinski definition) is 7. The van der Waals surface area contributed by atoms with Crippen LogP contribution in [0.4, 0.5) is 5.82 Å². The quantitative estimate of drug-likeness (QED) is 0.653. The number of anilines is 1. The highest BCUT2D eigenvalue weighted by molar-refractivity contribution is 7.18. The number of likely N-dealkylation sites (N-methyl/N-ethyl adjacent to an activating group) is 1. The van der Waals surface area contributed by atoms with Gasteiger partial charge < -0.3 is 9.64 Å². The Morgan fingerprint density at radius 1 is 1.28 bits per heavy atom. The minimum absolute atomic E-state index is 0.135. The third-order valence-electron chi connectivity index (χ3n) is 3.94. The van der Waals surface area contributed by atoms with E-state index in [-0.39, 0.29) is 12.5 Å². The second-order valence-electron chi connectivity index (χ2n) is 5.71. The monoisotopic (exact) mass is 356 g/mol. The molecule has 130 valence electrons. The first-order chi connectivity index (χ1) is 12.0. The van der Waals surface area contributed by atoms with Crippen LogP contribution < -0.4 is 4.90 Å². The molecule has 3 heterocycles. The lowest BCUT2D eigenvalue weighted by Crippen LogP contribution is -2.28. The Bertz CT molecular complexity index is 908. The Labute approximate surface area is 150 Å². The molecule has 0 radical (unpaired) electrons. The number of aromatic nitrogens is 3. The highest BCUT2D eigenvalue weighted by Crippen LogP contribution is 2.35. The van der Waals surface area contributed by atoms with Crippen molar-refractivity contribution in [2.24, 2.45) is 0 Å². The molecule has 0 amide bonds. The molecule has 0 saturated carbocycles. The molecule has 3 rings (SSSR count). The molecule has 0 aromatic carbocycles. The van der Waals surface area contributed by atoms with E-state index in [4.69, 9.17) is 9.72 Å². The number of nitrogens with zero attached hydrogens (tertiary/aromatic N) is 4. The van der Waals surface area contributed by atoms with Crippen molar-refractivity contribution < 1.29 is 9.53 Å². The van der Waals surface area contributed by atoms with Crippen molar-refractivity contribution >= 4 is 33.3 Å². The molecule has 0 N–H and O–H groups in total. The largest absolute Gasteiger partial charge is 0.465 e. The zero-order valence-electron chi connectivity index (χ0n) is 14.7. The maximum atomic E-state index is 11.9. The second kappa shape index (κ2) is 7.14. The minimum Gasteiger partial charge on any atom is -0.465 e. The van der Waals surface area contributed by atoms with Gasteiger partial charge in [-0.3, -0.25) is 9.78 Å². The molecule has 0 bridgehead atoms. The molecular formula is C18H20N4O2S. The van der Waals surface area contributed by atoms with Crippen LogP contribution in [0.3, 0.4) is 0 Å². The standard InChI is InChI=1S/C18H20N4O2S/c1-5-24-14(23)10-22(4)17-15-11(2)12(3)25-18(15)21-16(20-17)13-8-6-7-9-19-13/h6-9H,5,10H2,1-4H3. The molecule has 0 atom stereocenters. The number of esters is 1. The molecule has 0 spiro atoms. The SMILES string of the molecule is CCOC(=O)CN(C)c1nc(-c2ccccn2)nc2sc(C)c(C)c12. The summed E-state index contributed by atoms with van der Waals surface area (Å²) in [6.45, 7) is 6.42. The zero-order valence-corrected chi connectivity index (χ0v) is 15.6. The second-order valence-corrected chi connectivity index (χ2v) is 6.91. The number of ether oxygens (including phenoxy) is 1. The summed E-state index contributed by atoms with van der Waals surface area (Å²) in [5.74, 6) is 1.00. The molecule has 6 nitrogen and oxygen atoms in total. The van der Waals surface area contributed by atoms with Crippen LogP contribution in [0.1, 0.15) is 17.4 Å². The minimum atomic E-state index is -0.277. The van der Waals surface area contributed by atoms with Crippen LogP contribution in [-0.4, -0.2) is 41.1 Å². The smallest absolute Gasteiger partial charge is 0.325 e. The number of carbonyl (C=O) groups is 1. The zero-order chi connectivity index (χ0) is 18.0. The van der Waals surface area contributed by atoms with Crippen molar-refractivity contribution in [3.8, 4) is 11.5 Å². The van der Waals surface area contributed by atoms with Crippen LogP contribution in [-0.2, 0) is 9.53 Å².